The Labute approximate surface area is 194 Å². The van der Waals surface area contributed by atoms with Gasteiger partial charge < -0.3 is 14.8 Å². The van der Waals surface area contributed by atoms with Crippen LogP contribution in [0.1, 0.15) is 107 Å². The van der Waals surface area contributed by atoms with Gasteiger partial charge in [0.05, 0.1) is 11.7 Å². The average Bonchev–Trinajstić information content (AvgIpc) is 3.31. The molecule has 1 aromatic carbocycles. The highest BCUT2D eigenvalue weighted by molar-refractivity contribution is 5.85. The fourth-order valence-corrected chi connectivity index (χ4v) is 5.72. The molecule has 4 nitrogen and oxygen atoms in total. The molecule has 2 atom stereocenters. The van der Waals surface area contributed by atoms with Crippen LogP contribution in [0.15, 0.2) is 41.5 Å². The molecule has 4 rings (SSSR count). The van der Waals surface area contributed by atoms with Gasteiger partial charge in [0.1, 0.15) is 0 Å². The zero-order valence-corrected chi connectivity index (χ0v) is 20.0. The molecule has 0 aromatic heterocycles. The monoisotopic (exact) mass is 438 g/mol. The maximum atomic E-state index is 6.55. The minimum atomic E-state index is 0.119. The van der Waals surface area contributed by atoms with Crippen molar-refractivity contribution in [3.05, 3.63) is 47.7 Å². The Kier molecular flexibility index (Phi) is 8.95. The number of nitrogens with zero attached hydrogens (tertiary/aromatic N) is 1. The average molecular weight is 439 g/mol. The minimum Gasteiger partial charge on any atom is -0.375 e. The van der Waals surface area contributed by atoms with Gasteiger partial charge in [-0.25, -0.2) is 0 Å². The molecule has 0 bridgehead atoms. The predicted molar refractivity (Wildman–Crippen MR) is 132 cm³/mol. The Morgan fingerprint density at radius 2 is 1.94 bits per heavy atom. The molecule has 0 radical (unpaired) electrons. The fraction of sp³-hybridized carbons (Fsp3) is 0.679. The van der Waals surface area contributed by atoms with Crippen molar-refractivity contribution in [3.8, 4) is 0 Å². The van der Waals surface area contributed by atoms with Crippen molar-refractivity contribution in [1.29, 1.82) is 0 Å². The second-order valence-electron chi connectivity index (χ2n) is 9.72. The van der Waals surface area contributed by atoms with Crippen molar-refractivity contribution in [3.63, 3.8) is 0 Å². The zero-order valence-electron chi connectivity index (χ0n) is 20.0. The molecule has 3 aliphatic rings. The number of rotatable bonds is 12. The Hall–Kier alpha value is -1.49. The number of fused-ring (bicyclic) bond motifs is 1. The smallest absolute Gasteiger partial charge is 0.0828 e. The lowest BCUT2D eigenvalue weighted by molar-refractivity contribution is -0.0466. The van der Waals surface area contributed by atoms with E-state index in [4.69, 9.17) is 9.47 Å². The Morgan fingerprint density at radius 3 is 2.72 bits per heavy atom. The van der Waals surface area contributed by atoms with Gasteiger partial charge in [0.2, 0.25) is 0 Å². The van der Waals surface area contributed by atoms with Gasteiger partial charge in [-0.15, -0.1) is 0 Å². The first-order valence-corrected chi connectivity index (χ1v) is 13.1. The summed E-state index contributed by atoms with van der Waals surface area (Å²) < 4.78 is 12.5. The Balaban J connectivity index is 1.18. The van der Waals surface area contributed by atoms with Crippen LogP contribution in [0.3, 0.4) is 0 Å². The molecule has 0 saturated heterocycles. The summed E-state index contributed by atoms with van der Waals surface area (Å²) in [5, 5.41) is 3.81. The van der Waals surface area contributed by atoms with Gasteiger partial charge in [0.25, 0.3) is 0 Å². The van der Waals surface area contributed by atoms with Crippen LogP contribution in [-0.2, 0) is 9.47 Å². The summed E-state index contributed by atoms with van der Waals surface area (Å²) in [7, 11) is 0. The summed E-state index contributed by atoms with van der Waals surface area (Å²) in [5.74, 6) is 0. The van der Waals surface area contributed by atoms with Crippen LogP contribution >= 0.6 is 0 Å². The molecule has 0 unspecified atom stereocenters. The van der Waals surface area contributed by atoms with Crippen molar-refractivity contribution < 1.29 is 9.47 Å². The second-order valence-corrected chi connectivity index (χ2v) is 9.72. The van der Waals surface area contributed by atoms with Crippen LogP contribution in [0.5, 0.6) is 0 Å². The van der Waals surface area contributed by atoms with Crippen LogP contribution in [0.25, 0.3) is 0 Å². The highest BCUT2D eigenvalue weighted by atomic mass is 16.5. The van der Waals surface area contributed by atoms with E-state index >= 15 is 0 Å². The number of ether oxygens (including phenoxy) is 2. The molecule has 1 aliphatic heterocycles. The molecule has 0 amide bonds. The number of allylic oxidation sites excluding steroid dienone is 1. The fourth-order valence-electron chi connectivity index (χ4n) is 5.72. The van der Waals surface area contributed by atoms with E-state index in [-0.39, 0.29) is 11.7 Å². The van der Waals surface area contributed by atoms with Crippen molar-refractivity contribution in [2.24, 2.45) is 4.99 Å². The summed E-state index contributed by atoms with van der Waals surface area (Å²) >= 11 is 0. The molecule has 4 heteroatoms. The summed E-state index contributed by atoms with van der Waals surface area (Å²) in [6.45, 7) is 4.81. The molecule has 32 heavy (non-hydrogen) atoms. The van der Waals surface area contributed by atoms with Gasteiger partial charge in [-0.2, -0.15) is 0 Å². The van der Waals surface area contributed by atoms with Gasteiger partial charge >= 0.3 is 0 Å². The van der Waals surface area contributed by atoms with E-state index in [9.17, 15) is 0 Å². The molecule has 0 spiro atoms. The molecule has 1 saturated carbocycles. The largest absolute Gasteiger partial charge is 0.375 e. The van der Waals surface area contributed by atoms with Gasteiger partial charge in [-0.1, -0.05) is 43.2 Å². The molecule has 176 valence electrons. The molecular formula is C28H42N2O2. The summed E-state index contributed by atoms with van der Waals surface area (Å²) in [5.41, 5.74) is 4.29. The van der Waals surface area contributed by atoms with Crippen LogP contribution in [0.4, 0.5) is 0 Å². The van der Waals surface area contributed by atoms with E-state index in [1.165, 1.54) is 48.9 Å². The van der Waals surface area contributed by atoms with Gasteiger partial charge in [0, 0.05) is 31.2 Å². The minimum absolute atomic E-state index is 0.119. The molecule has 1 heterocycles. The third-order valence-electron chi connectivity index (χ3n) is 7.52. The van der Waals surface area contributed by atoms with Crippen molar-refractivity contribution in [2.75, 3.05) is 19.8 Å². The van der Waals surface area contributed by atoms with E-state index in [0.717, 1.165) is 64.7 Å². The van der Waals surface area contributed by atoms with Crippen molar-refractivity contribution >= 4 is 5.71 Å². The van der Waals surface area contributed by atoms with E-state index < -0.39 is 0 Å². The number of nitrogens with one attached hydrogen (secondary N) is 1. The SMILES string of the molecule is CCO[C@@H]1CC[C@H](NCCCCOC2(CCC3=NC=CCC3)CCCC2)c2ccccc21. The highest BCUT2D eigenvalue weighted by Gasteiger charge is 2.34. The topological polar surface area (TPSA) is 42.8 Å². The summed E-state index contributed by atoms with van der Waals surface area (Å²) in [4.78, 5) is 4.58. The number of hydrogen-bond acceptors (Lipinski definition) is 4. The molecule has 1 aromatic rings. The maximum absolute atomic E-state index is 6.55. The van der Waals surface area contributed by atoms with Gasteiger partial charge in [0.15, 0.2) is 0 Å². The van der Waals surface area contributed by atoms with Crippen molar-refractivity contribution in [1.82, 2.24) is 5.32 Å². The van der Waals surface area contributed by atoms with Crippen LogP contribution in [0, 0.1) is 0 Å². The lowest BCUT2D eigenvalue weighted by Crippen LogP contribution is -2.31. The van der Waals surface area contributed by atoms with E-state index in [2.05, 4.69) is 47.6 Å². The summed E-state index contributed by atoms with van der Waals surface area (Å²) in [6, 6.07) is 9.27. The molecule has 2 aliphatic carbocycles. The van der Waals surface area contributed by atoms with Crippen LogP contribution < -0.4 is 5.32 Å². The van der Waals surface area contributed by atoms with E-state index in [0.29, 0.717) is 6.04 Å². The van der Waals surface area contributed by atoms with Crippen molar-refractivity contribution in [2.45, 2.75) is 102 Å². The summed E-state index contributed by atoms with van der Waals surface area (Å²) in [6.07, 6.45) is 18.6. The predicted octanol–water partition coefficient (Wildman–Crippen LogP) is 6.83. The molecule has 1 N–H and O–H groups in total. The Morgan fingerprint density at radius 1 is 1.09 bits per heavy atom. The number of unbranched alkanes of at least 4 members (excludes halogenated alkanes) is 1. The second kappa shape index (κ2) is 12.1. The third kappa shape index (κ3) is 6.30. The lowest BCUT2D eigenvalue weighted by Gasteiger charge is -2.32. The number of aliphatic imine (C=N–C) groups is 1. The first kappa shape index (κ1) is 23.7. The zero-order chi connectivity index (χ0) is 22.1. The number of hydrogen-bond donors (Lipinski definition) is 1. The van der Waals surface area contributed by atoms with Crippen LogP contribution in [0.2, 0.25) is 0 Å². The first-order valence-electron chi connectivity index (χ1n) is 13.1. The Bertz CT molecular complexity index is 766. The normalized spacial score (nSPS) is 24.3. The standard InChI is InChI=1S/C28H42N2O2/c1-2-31-27-15-14-26(24-12-3-4-13-25(24)27)30-21-9-10-22-32-28(17-6-7-18-28)19-16-23-11-5-8-20-29-23/h3-4,8,12-13,20,26-27,30H,2,5-7,9-11,14-19,21-22H2,1H3/t26-,27+/m0/s1. The van der Waals surface area contributed by atoms with E-state index in [1.54, 1.807) is 0 Å². The highest BCUT2D eigenvalue weighted by Crippen LogP contribution is 2.39. The quantitative estimate of drug-likeness (QED) is 0.364. The number of benzene rings is 1. The molecule has 1 fully saturated rings. The maximum Gasteiger partial charge on any atom is 0.0828 e. The lowest BCUT2D eigenvalue weighted by atomic mass is 9.85. The molecular weight excluding hydrogens is 396 g/mol. The van der Waals surface area contributed by atoms with E-state index in [1.807, 2.05) is 6.20 Å². The van der Waals surface area contributed by atoms with Crippen LogP contribution in [-0.4, -0.2) is 31.1 Å². The van der Waals surface area contributed by atoms with Gasteiger partial charge in [-0.05, 0) is 88.8 Å². The first-order chi connectivity index (χ1) is 15.8. The van der Waals surface area contributed by atoms with Gasteiger partial charge in [-0.3, -0.25) is 4.99 Å². The third-order valence-corrected chi connectivity index (χ3v) is 7.52.